The second-order valence-corrected chi connectivity index (χ2v) is 6.30. The molecule has 1 rings (SSSR count). The normalized spacial score (nSPS) is 10.8. The van der Waals surface area contributed by atoms with Crippen LogP contribution in [0.2, 0.25) is 0 Å². The van der Waals surface area contributed by atoms with Gasteiger partial charge in [0.2, 0.25) is 0 Å². The highest BCUT2D eigenvalue weighted by atomic mass is 32.2. The predicted octanol–water partition coefficient (Wildman–Crippen LogP) is 4.45. The van der Waals surface area contributed by atoms with Crippen molar-refractivity contribution in [2.75, 3.05) is 13.1 Å². The van der Waals surface area contributed by atoms with Crippen LogP contribution in [0.15, 0.2) is 55.6 Å². The first-order valence-corrected chi connectivity index (χ1v) is 7.08. The van der Waals surface area contributed by atoms with Crippen molar-refractivity contribution in [1.82, 2.24) is 4.90 Å². The van der Waals surface area contributed by atoms with E-state index in [-0.39, 0.29) is 9.99 Å². The Balaban J connectivity index is 2.78. The highest BCUT2D eigenvalue weighted by Crippen LogP contribution is 2.36. The first-order chi connectivity index (χ1) is 9.01. The molecule has 0 aromatic heterocycles. The fraction of sp³-hybridized carbons (Fsp3) is 0.312. The van der Waals surface area contributed by atoms with Gasteiger partial charge in [-0.2, -0.15) is 0 Å². The molecule has 102 valence electrons. The Morgan fingerprint density at radius 2 is 1.74 bits per heavy atom. The number of hydrogen-bond donors (Lipinski definition) is 0. The maximum Gasteiger partial charge on any atom is 0.283 e. The Labute approximate surface area is 120 Å². The van der Waals surface area contributed by atoms with Crippen molar-refractivity contribution in [3.05, 3.63) is 61.2 Å². The van der Waals surface area contributed by atoms with Crippen molar-refractivity contribution in [2.45, 2.75) is 18.6 Å². The van der Waals surface area contributed by atoms with Crippen LogP contribution in [-0.4, -0.2) is 23.2 Å². The zero-order chi connectivity index (χ0) is 14.3. The molecular weight excluding hydrogens is 254 g/mol. The predicted molar refractivity (Wildman–Crippen MR) is 84.4 cm³/mol. The van der Waals surface area contributed by atoms with Crippen LogP contribution >= 0.6 is 11.8 Å². The van der Waals surface area contributed by atoms with Crippen molar-refractivity contribution in [3.8, 4) is 0 Å². The van der Waals surface area contributed by atoms with Crippen LogP contribution < -0.4 is 0 Å². The largest absolute Gasteiger partial charge is 0.326 e. The first kappa shape index (κ1) is 15.6. The molecule has 3 heteroatoms. The molecule has 0 unspecified atom stereocenters. The Bertz CT molecular complexity index is 429. The van der Waals surface area contributed by atoms with Crippen molar-refractivity contribution < 1.29 is 4.79 Å². The standard InChI is InChI=1S/C16H21NOS/c1-5-12-17(13-6-2)15(18)19-16(3,4)14-10-8-7-9-11-14/h5-11H,1-2,12-13H2,3-4H3. The number of hydrogen-bond acceptors (Lipinski definition) is 2. The summed E-state index contributed by atoms with van der Waals surface area (Å²) in [5.41, 5.74) is 1.14. The maximum absolute atomic E-state index is 12.3. The Hall–Kier alpha value is -1.48. The highest BCUT2D eigenvalue weighted by Gasteiger charge is 2.27. The van der Waals surface area contributed by atoms with E-state index in [4.69, 9.17) is 0 Å². The topological polar surface area (TPSA) is 20.3 Å². The Kier molecular flexibility index (Phi) is 5.90. The summed E-state index contributed by atoms with van der Waals surface area (Å²) in [6.45, 7) is 12.6. The second-order valence-electron chi connectivity index (χ2n) is 4.73. The van der Waals surface area contributed by atoms with Crippen LogP contribution in [0.3, 0.4) is 0 Å². The molecule has 19 heavy (non-hydrogen) atoms. The molecule has 0 radical (unpaired) electrons. The summed E-state index contributed by atoms with van der Waals surface area (Å²) in [7, 11) is 0. The first-order valence-electron chi connectivity index (χ1n) is 6.26. The van der Waals surface area contributed by atoms with Crippen molar-refractivity contribution in [3.63, 3.8) is 0 Å². The van der Waals surface area contributed by atoms with Gasteiger partial charge in [-0.25, -0.2) is 0 Å². The van der Waals surface area contributed by atoms with Gasteiger partial charge in [0.1, 0.15) is 0 Å². The minimum absolute atomic E-state index is 0.0497. The molecule has 0 aliphatic carbocycles. The van der Waals surface area contributed by atoms with Crippen molar-refractivity contribution >= 4 is 17.0 Å². The van der Waals surface area contributed by atoms with Gasteiger partial charge in [-0.15, -0.1) is 13.2 Å². The van der Waals surface area contributed by atoms with Crippen molar-refractivity contribution in [2.24, 2.45) is 0 Å². The lowest BCUT2D eigenvalue weighted by atomic mass is 10.0. The van der Waals surface area contributed by atoms with Gasteiger partial charge >= 0.3 is 0 Å². The van der Waals surface area contributed by atoms with Gasteiger partial charge in [0, 0.05) is 17.8 Å². The molecular formula is C16H21NOS. The lowest BCUT2D eigenvalue weighted by Crippen LogP contribution is -2.30. The molecule has 0 spiro atoms. The zero-order valence-corrected chi connectivity index (χ0v) is 12.5. The molecule has 0 N–H and O–H groups in total. The Morgan fingerprint density at radius 1 is 1.21 bits per heavy atom. The van der Waals surface area contributed by atoms with Crippen molar-refractivity contribution in [1.29, 1.82) is 0 Å². The summed E-state index contributed by atoms with van der Waals surface area (Å²) in [5, 5.41) is 0.0497. The average Bonchev–Trinajstić information content (AvgIpc) is 2.39. The number of thioether (sulfide) groups is 1. The monoisotopic (exact) mass is 275 g/mol. The number of amides is 1. The van der Waals surface area contributed by atoms with E-state index in [1.54, 1.807) is 17.1 Å². The quantitative estimate of drug-likeness (QED) is 0.715. The molecule has 1 aromatic carbocycles. The minimum Gasteiger partial charge on any atom is -0.326 e. The van der Waals surface area contributed by atoms with E-state index in [0.29, 0.717) is 13.1 Å². The molecule has 1 amide bonds. The summed E-state index contributed by atoms with van der Waals surface area (Å²) in [5.74, 6) is 0. The molecule has 0 fully saturated rings. The summed E-state index contributed by atoms with van der Waals surface area (Å²) in [4.78, 5) is 14.0. The molecule has 0 bridgehead atoms. The van der Waals surface area contributed by atoms with E-state index >= 15 is 0 Å². The molecule has 1 aromatic rings. The maximum atomic E-state index is 12.3. The van der Waals surface area contributed by atoms with Gasteiger partial charge in [0.15, 0.2) is 0 Å². The third-order valence-electron chi connectivity index (χ3n) is 2.77. The summed E-state index contributed by atoms with van der Waals surface area (Å²) in [6.07, 6.45) is 3.47. The number of carbonyl (C=O) groups is 1. The van der Waals surface area contributed by atoms with Gasteiger partial charge < -0.3 is 4.90 Å². The minimum atomic E-state index is -0.251. The van der Waals surface area contributed by atoms with Gasteiger partial charge in [-0.1, -0.05) is 54.2 Å². The zero-order valence-electron chi connectivity index (χ0n) is 11.6. The fourth-order valence-electron chi connectivity index (χ4n) is 1.72. The number of rotatable bonds is 6. The van der Waals surface area contributed by atoms with Gasteiger partial charge in [0.05, 0.1) is 0 Å². The summed E-state index contributed by atoms with van der Waals surface area (Å²) in [6, 6.07) is 10.1. The number of benzene rings is 1. The number of carbonyl (C=O) groups excluding carboxylic acids is 1. The molecule has 0 saturated heterocycles. The lowest BCUT2D eigenvalue weighted by Gasteiger charge is -2.27. The fourth-order valence-corrected chi connectivity index (χ4v) is 2.69. The molecule has 0 aliphatic rings. The van der Waals surface area contributed by atoms with E-state index in [1.165, 1.54) is 11.8 Å². The lowest BCUT2D eigenvalue weighted by molar-refractivity contribution is 0.233. The molecule has 0 aliphatic heterocycles. The van der Waals surface area contributed by atoms with Crippen LogP contribution in [0.4, 0.5) is 4.79 Å². The number of nitrogens with zero attached hydrogens (tertiary/aromatic N) is 1. The van der Waals surface area contributed by atoms with Gasteiger partial charge in [0.25, 0.3) is 5.24 Å². The summed E-state index contributed by atoms with van der Waals surface area (Å²) < 4.78 is -0.251. The SMILES string of the molecule is C=CCN(CC=C)C(=O)SC(C)(C)c1ccccc1. The van der Waals surface area contributed by atoms with Crippen LogP contribution in [0.1, 0.15) is 19.4 Å². The highest BCUT2D eigenvalue weighted by molar-refractivity contribution is 8.14. The third-order valence-corrected chi connectivity index (χ3v) is 3.95. The molecule has 0 atom stereocenters. The van der Waals surface area contributed by atoms with Crippen LogP contribution in [0.5, 0.6) is 0 Å². The molecule has 2 nitrogen and oxygen atoms in total. The van der Waals surface area contributed by atoms with Crippen LogP contribution in [0, 0.1) is 0 Å². The van der Waals surface area contributed by atoms with Gasteiger partial charge in [-0.3, -0.25) is 4.79 Å². The van der Waals surface area contributed by atoms with E-state index < -0.39 is 0 Å². The molecule has 0 saturated carbocycles. The van der Waals surface area contributed by atoms with E-state index in [9.17, 15) is 4.79 Å². The van der Waals surface area contributed by atoms with Crippen LogP contribution in [-0.2, 0) is 4.75 Å². The average molecular weight is 275 g/mol. The van der Waals surface area contributed by atoms with Crippen LogP contribution in [0.25, 0.3) is 0 Å². The molecule has 0 heterocycles. The van der Waals surface area contributed by atoms with E-state index in [1.807, 2.05) is 30.3 Å². The van der Waals surface area contributed by atoms with E-state index in [0.717, 1.165) is 5.56 Å². The van der Waals surface area contributed by atoms with E-state index in [2.05, 4.69) is 27.0 Å². The smallest absolute Gasteiger partial charge is 0.283 e. The second kappa shape index (κ2) is 7.19. The summed E-state index contributed by atoms with van der Waals surface area (Å²) >= 11 is 1.33. The third kappa shape index (κ3) is 4.60. The van der Waals surface area contributed by atoms with Gasteiger partial charge in [-0.05, 0) is 19.4 Å². The Morgan fingerprint density at radius 3 is 2.21 bits per heavy atom.